The molecule has 0 bridgehead atoms. The first kappa shape index (κ1) is 13.7. The molecule has 5 nitrogen and oxygen atoms in total. The zero-order valence-electron chi connectivity index (χ0n) is 11.3. The van der Waals surface area contributed by atoms with Crippen molar-refractivity contribution >= 4 is 11.6 Å². The Balaban J connectivity index is 2.18. The first-order valence-electron chi connectivity index (χ1n) is 6.55. The molecule has 5 heteroatoms. The van der Waals surface area contributed by atoms with Crippen LogP contribution in [0, 0.1) is 0 Å². The van der Waals surface area contributed by atoms with E-state index in [9.17, 15) is 9.90 Å². The average molecular weight is 264 g/mol. The minimum Gasteiger partial charge on any atom is -0.506 e. The van der Waals surface area contributed by atoms with Crippen molar-refractivity contribution in [2.24, 2.45) is 0 Å². The molecule has 1 saturated heterocycles. The Morgan fingerprint density at radius 3 is 2.95 bits per heavy atom. The van der Waals surface area contributed by atoms with Crippen molar-refractivity contribution in [3.05, 3.63) is 18.2 Å². The Labute approximate surface area is 113 Å². The molecule has 2 rings (SSSR count). The second kappa shape index (κ2) is 5.48. The third-order valence-electron chi connectivity index (χ3n) is 3.73. The van der Waals surface area contributed by atoms with Crippen molar-refractivity contribution in [1.82, 2.24) is 5.32 Å². The molecule has 0 saturated carbocycles. The summed E-state index contributed by atoms with van der Waals surface area (Å²) in [6.45, 7) is 2.84. The highest BCUT2D eigenvalue weighted by Gasteiger charge is 2.39. The Morgan fingerprint density at radius 1 is 1.58 bits per heavy atom. The number of ether oxygens (including phenoxy) is 1. The molecule has 1 fully saturated rings. The van der Waals surface area contributed by atoms with Crippen LogP contribution < -0.4 is 15.4 Å². The number of benzene rings is 1. The van der Waals surface area contributed by atoms with Gasteiger partial charge in [0, 0.05) is 6.07 Å². The van der Waals surface area contributed by atoms with Gasteiger partial charge in [0.1, 0.15) is 11.5 Å². The summed E-state index contributed by atoms with van der Waals surface area (Å²) >= 11 is 0. The van der Waals surface area contributed by atoms with Gasteiger partial charge in [0.05, 0.1) is 18.3 Å². The minimum atomic E-state index is -0.518. The highest BCUT2D eigenvalue weighted by molar-refractivity contribution is 5.99. The van der Waals surface area contributed by atoms with Gasteiger partial charge in [-0.3, -0.25) is 4.79 Å². The molecule has 1 aromatic carbocycles. The van der Waals surface area contributed by atoms with Crippen molar-refractivity contribution in [2.75, 3.05) is 19.0 Å². The SMILES string of the molecule is CCC1(C(=O)Nc2cc(OC)ccc2O)CCCN1. The van der Waals surface area contributed by atoms with E-state index in [1.165, 1.54) is 6.07 Å². The highest BCUT2D eigenvalue weighted by Crippen LogP contribution is 2.30. The van der Waals surface area contributed by atoms with E-state index in [0.29, 0.717) is 11.4 Å². The Kier molecular flexibility index (Phi) is 3.95. The number of anilines is 1. The van der Waals surface area contributed by atoms with Crippen molar-refractivity contribution in [1.29, 1.82) is 0 Å². The first-order chi connectivity index (χ1) is 9.11. The summed E-state index contributed by atoms with van der Waals surface area (Å²) in [7, 11) is 1.55. The van der Waals surface area contributed by atoms with Crippen LogP contribution in [-0.2, 0) is 4.79 Å². The quantitative estimate of drug-likeness (QED) is 0.726. The number of nitrogens with one attached hydrogen (secondary N) is 2. The predicted octanol–water partition coefficient (Wildman–Crippen LogP) is 1.87. The topological polar surface area (TPSA) is 70.6 Å². The lowest BCUT2D eigenvalue weighted by Gasteiger charge is -2.26. The maximum atomic E-state index is 12.4. The maximum absolute atomic E-state index is 12.4. The number of carbonyl (C=O) groups is 1. The third-order valence-corrected chi connectivity index (χ3v) is 3.73. The lowest BCUT2D eigenvalue weighted by Crippen LogP contribution is -2.50. The standard InChI is InChI=1S/C14H20N2O3/c1-3-14(7-4-8-15-14)13(18)16-11-9-10(19-2)5-6-12(11)17/h5-6,9,15,17H,3-4,7-8H2,1-2H3,(H,16,18). The molecule has 1 aromatic rings. The molecule has 3 N–H and O–H groups in total. The van der Waals surface area contributed by atoms with Gasteiger partial charge in [0.25, 0.3) is 0 Å². The number of rotatable bonds is 4. The fourth-order valence-corrected chi connectivity index (χ4v) is 2.45. The van der Waals surface area contributed by atoms with Gasteiger partial charge in [-0.25, -0.2) is 0 Å². The summed E-state index contributed by atoms with van der Waals surface area (Å²) in [4.78, 5) is 12.4. The van der Waals surface area contributed by atoms with Crippen LogP contribution in [0.4, 0.5) is 5.69 Å². The molecular weight excluding hydrogens is 244 g/mol. The van der Waals surface area contributed by atoms with E-state index < -0.39 is 5.54 Å². The van der Waals surface area contributed by atoms with Crippen LogP contribution in [0.15, 0.2) is 18.2 Å². The molecule has 1 aliphatic heterocycles. The number of phenols is 1. The van der Waals surface area contributed by atoms with E-state index in [1.807, 2.05) is 6.92 Å². The van der Waals surface area contributed by atoms with Crippen LogP contribution in [0.2, 0.25) is 0 Å². The van der Waals surface area contributed by atoms with Crippen LogP contribution in [0.25, 0.3) is 0 Å². The second-order valence-corrected chi connectivity index (χ2v) is 4.80. The minimum absolute atomic E-state index is 0.0402. The molecular formula is C14H20N2O3. The van der Waals surface area contributed by atoms with Crippen molar-refractivity contribution in [3.8, 4) is 11.5 Å². The van der Waals surface area contributed by atoms with Crippen LogP contribution in [0.1, 0.15) is 26.2 Å². The van der Waals surface area contributed by atoms with Gasteiger partial charge in [0.2, 0.25) is 5.91 Å². The van der Waals surface area contributed by atoms with Crippen LogP contribution in [0.5, 0.6) is 11.5 Å². The molecule has 104 valence electrons. The van der Waals surface area contributed by atoms with Gasteiger partial charge in [-0.1, -0.05) is 6.92 Å². The molecule has 1 unspecified atom stereocenters. The molecule has 1 amide bonds. The largest absolute Gasteiger partial charge is 0.506 e. The van der Waals surface area contributed by atoms with E-state index in [2.05, 4.69) is 10.6 Å². The van der Waals surface area contributed by atoms with Gasteiger partial charge in [0.15, 0.2) is 0 Å². The van der Waals surface area contributed by atoms with Gasteiger partial charge in [-0.15, -0.1) is 0 Å². The molecule has 0 aliphatic carbocycles. The number of phenolic OH excluding ortho intramolecular Hbond substituents is 1. The summed E-state index contributed by atoms with van der Waals surface area (Å²) in [6, 6.07) is 4.77. The van der Waals surface area contributed by atoms with Crippen molar-refractivity contribution in [3.63, 3.8) is 0 Å². The number of hydrogen-bond donors (Lipinski definition) is 3. The Bertz CT molecular complexity index is 468. The molecule has 0 aromatic heterocycles. The van der Waals surface area contributed by atoms with Gasteiger partial charge in [-0.05, 0) is 37.9 Å². The monoisotopic (exact) mass is 264 g/mol. The second-order valence-electron chi connectivity index (χ2n) is 4.80. The zero-order chi connectivity index (χ0) is 13.9. The molecule has 0 spiro atoms. The van der Waals surface area contributed by atoms with E-state index in [-0.39, 0.29) is 11.7 Å². The molecule has 1 atom stereocenters. The third kappa shape index (κ3) is 2.66. The summed E-state index contributed by atoms with van der Waals surface area (Å²) in [5, 5.41) is 15.8. The van der Waals surface area contributed by atoms with Crippen LogP contribution >= 0.6 is 0 Å². The van der Waals surface area contributed by atoms with Crippen LogP contribution in [-0.4, -0.2) is 30.2 Å². The summed E-state index contributed by atoms with van der Waals surface area (Å²) in [5.41, 5.74) is -0.138. The van der Waals surface area contributed by atoms with Crippen molar-refractivity contribution in [2.45, 2.75) is 31.7 Å². The smallest absolute Gasteiger partial charge is 0.244 e. The lowest BCUT2D eigenvalue weighted by atomic mass is 9.93. The molecule has 19 heavy (non-hydrogen) atoms. The van der Waals surface area contributed by atoms with Gasteiger partial charge < -0.3 is 20.5 Å². The predicted molar refractivity (Wildman–Crippen MR) is 73.5 cm³/mol. The van der Waals surface area contributed by atoms with Crippen LogP contribution in [0.3, 0.4) is 0 Å². The molecule has 1 aliphatic rings. The van der Waals surface area contributed by atoms with Crippen molar-refractivity contribution < 1.29 is 14.6 Å². The summed E-state index contributed by atoms with van der Waals surface area (Å²) in [5.74, 6) is 0.535. The van der Waals surface area contributed by atoms with E-state index >= 15 is 0 Å². The highest BCUT2D eigenvalue weighted by atomic mass is 16.5. The Morgan fingerprint density at radius 2 is 2.37 bits per heavy atom. The fourth-order valence-electron chi connectivity index (χ4n) is 2.45. The average Bonchev–Trinajstić information content (AvgIpc) is 2.91. The van der Waals surface area contributed by atoms with E-state index in [1.54, 1.807) is 19.2 Å². The van der Waals surface area contributed by atoms with E-state index in [0.717, 1.165) is 25.8 Å². The van der Waals surface area contributed by atoms with Gasteiger partial charge in [-0.2, -0.15) is 0 Å². The molecule has 0 radical (unpaired) electrons. The Hall–Kier alpha value is -1.75. The van der Waals surface area contributed by atoms with E-state index in [4.69, 9.17) is 4.74 Å². The number of hydrogen-bond acceptors (Lipinski definition) is 4. The zero-order valence-corrected chi connectivity index (χ0v) is 11.3. The molecule has 1 heterocycles. The maximum Gasteiger partial charge on any atom is 0.244 e. The fraction of sp³-hybridized carbons (Fsp3) is 0.500. The number of carbonyl (C=O) groups excluding carboxylic acids is 1. The number of amides is 1. The number of methoxy groups -OCH3 is 1. The van der Waals surface area contributed by atoms with Gasteiger partial charge >= 0.3 is 0 Å². The summed E-state index contributed by atoms with van der Waals surface area (Å²) in [6.07, 6.45) is 2.54. The normalized spacial score (nSPS) is 22.2. The lowest BCUT2D eigenvalue weighted by molar-refractivity contribution is -0.122. The number of aromatic hydroxyl groups is 1. The first-order valence-corrected chi connectivity index (χ1v) is 6.55. The summed E-state index contributed by atoms with van der Waals surface area (Å²) < 4.78 is 5.09.